The highest BCUT2D eigenvalue weighted by atomic mass is 32.1. The van der Waals surface area contributed by atoms with Gasteiger partial charge in [0.25, 0.3) is 0 Å². The molecule has 1 N–H and O–H groups in total. The van der Waals surface area contributed by atoms with Gasteiger partial charge < -0.3 is 9.88 Å². The summed E-state index contributed by atoms with van der Waals surface area (Å²) < 4.78 is 0. The minimum Gasteiger partial charge on any atom is -0.356 e. The second kappa shape index (κ2) is 7.75. The van der Waals surface area contributed by atoms with Crippen molar-refractivity contribution in [3.63, 3.8) is 0 Å². The van der Waals surface area contributed by atoms with Crippen molar-refractivity contribution in [3.8, 4) is 0 Å². The van der Waals surface area contributed by atoms with Crippen LogP contribution in [0.1, 0.15) is 60.7 Å². The number of thiophene rings is 1. The summed E-state index contributed by atoms with van der Waals surface area (Å²) in [5.41, 5.74) is 4.00. The molecule has 0 unspecified atom stereocenters. The molecule has 3 nitrogen and oxygen atoms in total. The van der Waals surface area contributed by atoms with Gasteiger partial charge >= 0.3 is 0 Å². The molecule has 1 atom stereocenters. The second-order valence-corrected chi connectivity index (χ2v) is 9.35. The van der Waals surface area contributed by atoms with Crippen LogP contribution < -0.4 is 0 Å². The second-order valence-electron chi connectivity index (χ2n) is 8.32. The number of carbonyl (C=O) groups excluding carboxylic acids is 1. The Bertz CT molecular complexity index is 952. The van der Waals surface area contributed by atoms with Gasteiger partial charge in [-0.25, -0.2) is 0 Å². The Morgan fingerprint density at radius 3 is 2.79 bits per heavy atom. The molecular formula is C24H28N2OS. The zero-order valence-corrected chi connectivity index (χ0v) is 17.1. The summed E-state index contributed by atoms with van der Waals surface area (Å²) in [7, 11) is 0. The van der Waals surface area contributed by atoms with Crippen LogP contribution >= 0.6 is 11.3 Å². The third-order valence-electron chi connectivity index (χ3n) is 6.66. The van der Waals surface area contributed by atoms with E-state index in [0.717, 1.165) is 19.4 Å². The van der Waals surface area contributed by atoms with Gasteiger partial charge in [0.2, 0.25) is 5.91 Å². The topological polar surface area (TPSA) is 36.1 Å². The zero-order chi connectivity index (χ0) is 18.9. The molecular weight excluding hydrogens is 364 g/mol. The van der Waals surface area contributed by atoms with Crippen LogP contribution in [0, 0.1) is 5.92 Å². The van der Waals surface area contributed by atoms with Crippen molar-refractivity contribution in [2.45, 2.75) is 57.4 Å². The van der Waals surface area contributed by atoms with E-state index in [1.807, 2.05) is 0 Å². The van der Waals surface area contributed by atoms with Gasteiger partial charge in [-0.2, -0.15) is 0 Å². The number of nitrogens with zero attached hydrogens (tertiary/aromatic N) is 1. The maximum absolute atomic E-state index is 13.3. The van der Waals surface area contributed by atoms with Crippen LogP contribution in [0.15, 0.2) is 41.8 Å². The number of hydrogen-bond acceptors (Lipinski definition) is 2. The predicted octanol–water partition coefficient (Wildman–Crippen LogP) is 5.87. The largest absolute Gasteiger partial charge is 0.356 e. The number of amides is 1. The van der Waals surface area contributed by atoms with E-state index in [2.05, 4.69) is 51.7 Å². The van der Waals surface area contributed by atoms with E-state index in [9.17, 15) is 4.79 Å². The van der Waals surface area contributed by atoms with Gasteiger partial charge in [0.05, 0.1) is 6.04 Å². The number of para-hydroxylation sites is 1. The molecule has 3 aromatic rings. The molecule has 1 aliphatic heterocycles. The summed E-state index contributed by atoms with van der Waals surface area (Å²) in [6.07, 6.45) is 8.88. The molecule has 0 bridgehead atoms. The maximum atomic E-state index is 13.3. The van der Waals surface area contributed by atoms with Crippen molar-refractivity contribution in [2.75, 3.05) is 6.54 Å². The summed E-state index contributed by atoms with van der Waals surface area (Å²) in [5.74, 6) is 0.917. The fraction of sp³-hybridized carbons (Fsp3) is 0.458. The fourth-order valence-corrected chi connectivity index (χ4v) is 6.03. The molecule has 1 saturated carbocycles. The first-order valence-corrected chi connectivity index (χ1v) is 11.6. The molecule has 2 aliphatic rings. The van der Waals surface area contributed by atoms with Crippen LogP contribution in [0.2, 0.25) is 0 Å². The number of aromatic amines is 1. The Balaban J connectivity index is 1.46. The van der Waals surface area contributed by atoms with Crippen LogP contribution in [-0.4, -0.2) is 22.3 Å². The molecule has 1 amide bonds. The van der Waals surface area contributed by atoms with Gasteiger partial charge in [-0.1, -0.05) is 43.5 Å². The van der Waals surface area contributed by atoms with E-state index in [1.165, 1.54) is 59.1 Å². The van der Waals surface area contributed by atoms with Gasteiger partial charge in [0, 0.05) is 34.4 Å². The van der Waals surface area contributed by atoms with Crippen LogP contribution in [0.25, 0.3) is 10.9 Å². The lowest BCUT2D eigenvalue weighted by Crippen LogP contribution is -2.43. The molecule has 2 aromatic heterocycles. The molecule has 1 aromatic carbocycles. The number of rotatable bonds is 4. The molecule has 5 rings (SSSR count). The summed E-state index contributed by atoms with van der Waals surface area (Å²) in [6, 6.07) is 13.1. The molecule has 4 heteroatoms. The number of aromatic nitrogens is 1. The van der Waals surface area contributed by atoms with Crippen molar-refractivity contribution >= 4 is 28.1 Å². The van der Waals surface area contributed by atoms with Crippen LogP contribution in [-0.2, 0) is 17.6 Å². The Morgan fingerprint density at radius 2 is 1.96 bits per heavy atom. The lowest BCUT2D eigenvalue weighted by molar-refractivity contribution is -0.135. The van der Waals surface area contributed by atoms with E-state index in [-0.39, 0.29) is 6.04 Å². The van der Waals surface area contributed by atoms with E-state index in [1.54, 1.807) is 11.3 Å². The van der Waals surface area contributed by atoms with Crippen LogP contribution in [0.4, 0.5) is 0 Å². The molecule has 3 heterocycles. The highest BCUT2D eigenvalue weighted by Gasteiger charge is 2.38. The average molecular weight is 393 g/mol. The Labute approximate surface area is 170 Å². The molecule has 0 radical (unpaired) electrons. The minimum absolute atomic E-state index is 0.229. The zero-order valence-electron chi connectivity index (χ0n) is 16.3. The summed E-state index contributed by atoms with van der Waals surface area (Å²) in [6.45, 7) is 0.860. The van der Waals surface area contributed by atoms with Gasteiger partial charge in [-0.3, -0.25) is 4.79 Å². The lowest BCUT2D eigenvalue weighted by Gasteiger charge is -2.42. The Morgan fingerprint density at radius 1 is 1.11 bits per heavy atom. The summed E-state index contributed by atoms with van der Waals surface area (Å²) >= 11 is 1.76. The van der Waals surface area contributed by atoms with Gasteiger partial charge in [-0.15, -0.1) is 11.3 Å². The highest BCUT2D eigenvalue weighted by Crippen LogP contribution is 2.43. The van der Waals surface area contributed by atoms with Crippen molar-refractivity contribution in [2.24, 2.45) is 5.92 Å². The van der Waals surface area contributed by atoms with E-state index >= 15 is 0 Å². The summed E-state index contributed by atoms with van der Waals surface area (Å²) in [5, 5.41) is 3.45. The van der Waals surface area contributed by atoms with Crippen LogP contribution in [0.5, 0.6) is 0 Å². The van der Waals surface area contributed by atoms with E-state index in [4.69, 9.17) is 0 Å². The standard InChI is InChI=1S/C24H28N2OS/c27-22(13-12-18-9-6-16-28-18)26-15-14-20-19-10-4-5-11-21(19)25-23(20)24(26)17-7-2-1-3-8-17/h4-6,9-11,16-17,24-25H,1-3,7-8,12-15H2/t24-/m0/s1. The number of aryl methyl sites for hydroxylation is 1. The average Bonchev–Trinajstić information content (AvgIpc) is 3.39. The van der Waals surface area contributed by atoms with Gasteiger partial charge in [0.1, 0.15) is 0 Å². The smallest absolute Gasteiger partial charge is 0.223 e. The van der Waals surface area contributed by atoms with Crippen molar-refractivity contribution in [3.05, 3.63) is 57.9 Å². The molecule has 0 saturated heterocycles. The first-order chi connectivity index (χ1) is 13.8. The molecule has 28 heavy (non-hydrogen) atoms. The fourth-order valence-electron chi connectivity index (χ4n) is 5.32. The third kappa shape index (κ3) is 3.28. The number of hydrogen-bond donors (Lipinski definition) is 1. The van der Waals surface area contributed by atoms with E-state index < -0.39 is 0 Å². The van der Waals surface area contributed by atoms with Crippen LogP contribution in [0.3, 0.4) is 0 Å². The summed E-state index contributed by atoms with van der Waals surface area (Å²) in [4.78, 5) is 20.5. The first-order valence-electron chi connectivity index (χ1n) is 10.7. The monoisotopic (exact) mass is 392 g/mol. The molecule has 146 valence electrons. The molecule has 0 spiro atoms. The first kappa shape index (κ1) is 18.0. The Kier molecular flexibility index (Phi) is 4.98. The van der Waals surface area contributed by atoms with E-state index in [0.29, 0.717) is 18.2 Å². The minimum atomic E-state index is 0.229. The number of nitrogens with one attached hydrogen (secondary N) is 1. The number of carbonyl (C=O) groups is 1. The van der Waals surface area contributed by atoms with Gasteiger partial charge in [-0.05, 0) is 54.7 Å². The third-order valence-corrected chi connectivity index (χ3v) is 7.60. The quantitative estimate of drug-likeness (QED) is 0.592. The van der Waals surface area contributed by atoms with Gasteiger partial charge in [0.15, 0.2) is 0 Å². The SMILES string of the molecule is O=C(CCc1cccs1)N1CCc2c([nH]c3ccccc23)[C@@H]1C1CCCCC1. The Hall–Kier alpha value is -2.07. The normalized spacial score (nSPS) is 20.4. The maximum Gasteiger partial charge on any atom is 0.223 e. The van der Waals surface area contributed by atoms with Crippen molar-refractivity contribution in [1.29, 1.82) is 0 Å². The highest BCUT2D eigenvalue weighted by molar-refractivity contribution is 7.09. The number of benzene rings is 1. The lowest BCUT2D eigenvalue weighted by atomic mass is 9.79. The predicted molar refractivity (Wildman–Crippen MR) is 116 cm³/mol. The molecule has 1 fully saturated rings. The number of fused-ring (bicyclic) bond motifs is 3. The number of H-pyrrole nitrogens is 1. The van der Waals surface area contributed by atoms with Crippen molar-refractivity contribution < 1.29 is 4.79 Å². The van der Waals surface area contributed by atoms with Crippen molar-refractivity contribution in [1.82, 2.24) is 9.88 Å². The molecule has 1 aliphatic carbocycles.